The average molecular weight is 658 g/mol. The zero-order valence-electron chi connectivity index (χ0n) is 26.2. The summed E-state index contributed by atoms with van der Waals surface area (Å²) in [4.78, 5) is 28.7. The Kier molecular flexibility index (Phi) is 12.2. The summed E-state index contributed by atoms with van der Waals surface area (Å²) in [6.45, 7) is 6.04. The van der Waals surface area contributed by atoms with Crippen LogP contribution in [0.5, 0.6) is 5.75 Å². The Morgan fingerprint density at radius 3 is 2.58 bits per heavy atom. The van der Waals surface area contributed by atoms with E-state index in [0.29, 0.717) is 30.0 Å². The number of nitrogens with zero attached hydrogens (tertiary/aromatic N) is 2. The summed E-state index contributed by atoms with van der Waals surface area (Å²) in [5.74, 6) is -0.596. The minimum Gasteiger partial charge on any atom is -0.490 e. The molecule has 1 aromatic heterocycles. The van der Waals surface area contributed by atoms with Gasteiger partial charge in [-0.25, -0.2) is 8.42 Å². The van der Waals surface area contributed by atoms with Gasteiger partial charge in [0.1, 0.15) is 9.96 Å². The number of likely N-dealkylation sites (N-methyl/N-ethyl adjacent to an activating group) is 1. The summed E-state index contributed by atoms with van der Waals surface area (Å²) in [5.41, 5.74) is 1.17. The summed E-state index contributed by atoms with van der Waals surface area (Å²) < 4.78 is 40.5. The number of anilines is 1. The summed E-state index contributed by atoms with van der Waals surface area (Å²) >= 11 is 1.16. The van der Waals surface area contributed by atoms with Gasteiger partial charge in [-0.1, -0.05) is 31.2 Å². The number of ether oxygens (including phenoxy) is 2. The number of nitrogens with one attached hydrogen (secondary N) is 1. The second-order valence-corrected chi connectivity index (χ2v) is 14.8. The number of hydrogen-bond donors (Lipinski definition) is 2. The van der Waals surface area contributed by atoms with Crippen LogP contribution in [0.2, 0.25) is 0 Å². The van der Waals surface area contributed by atoms with Gasteiger partial charge in [0.05, 0.1) is 30.4 Å². The minimum atomic E-state index is -3.71. The van der Waals surface area contributed by atoms with Crippen molar-refractivity contribution >= 4 is 38.9 Å². The van der Waals surface area contributed by atoms with Crippen molar-refractivity contribution in [3.63, 3.8) is 0 Å². The number of amides is 2. The second-order valence-electron chi connectivity index (χ2n) is 11.5. The number of carbonyl (C=O) groups excluding carboxylic acids is 2. The van der Waals surface area contributed by atoms with Crippen LogP contribution in [0, 0.1) is 5.92 Å². The third-order valence-corrected chi connectivity index (χ3v) is 11.1. The molecule has 0 radical (unpaired) electrons. The highest BCUT2D eigenvalue weighted by Gasteiger charge is 2.32. The van der Waals surface area contributed by atoms with Crippen molar-refractivity contribution in [2.45, 2.75) is 62.5 Å². The monoisotopic (exact) mass is 657 g/mol. The van der Waals surface area contributed by atoms with Gasteiger partial charge in [0.15, 0.2) is 0 Å². The standard InChI is InChI=1S/C33H43N3O7S2/c1-23-20-36(24(2)22-37)33(39)28-19-27(34-32(38)26-12-6-5-7-13-26)15-16-29(28)43-25(3)11-8-9-17-42-30(23)21-35(4)45(40,41)31-14-10-18-44-31/h5-7,10,12-16,18-19,23-25,30,37H,8-9,11,17,20-22H2,1-4H3,(H,34,38)/t23-,24+,25+,30+/m0/s1. The maximum atomic E-state index is 14.3. The molecule has 0 aliphatic carbocycles. The lowest BCUT2D eigenvalue weighted by atomic mass is 10.0. The molecule has 2 amide bonds. The first kappa shape index (κ1) is 34.6. The van der Waals surface area contributed by atoms with E-state index in [1.165, 1.54) is 11.4 Å². The third-order valence-electron chi connectivity index (χ3n) is 7.94. The van der Waals surface area contributed by atoms with E-state index in [-0.39, 0.29) is 53.3 Å². The molecule has 0 saturated heterocycles. The van der Waals surface area contributed by atoms with E-state index in [1.54, 1.807) is 71.8 Å². The molecule has 1 aliphatic heterocycles. The largest absolute Gasteiger partial charge is 0.490 e. The molecule has 10 nitrogen and oxygen atoms in total. The molecule has 0 spiro atoms. The summed E-state index contributed by atoms with van der Waals surface area (Å²) in [6.07, 6.45) is 1.56. The van der Waals surface area contributed by atoms with Gasteiger partial charge in [-0.2, -0.15) is 4.31 Å². The van der Waals surface area contributed by atoms with Crippen molar-refractivity contribution in [3.05, 3.63) is 77.2 Å². The van der Waals surface area contributed by atoms with Crippen molar-refractivity contribution < 1.29 is 32.6 Å². The minimum absolute atomic E-state index is 0.0999. The highest BCUT2D eigenvalue weighted by Crippen LogP contribution is 2.29. The van der Waals surface area contributed by atoms with Gasteiger partial charge in [-0.15, -0.1) is 11.3 Å². The zero-order valence-corrected chi connectivity index (χ0v) is 27.9. The number of rotatable bonds is 8. The summed E-state index contributed by atoms with van der Waals surface area (Å²) in [5, 5.41) is 14.8. The smallest absolute Gasteiger partial charge is 0.258 e. The van der Waals surface area contributed by atoms with Crippen molar-refractivity contribution in [1.82, 2.24) is 9.21 Å². The number of aliphatic hydroxyl groups is 1. The van der Waals surface area contributed by atoms with Crippen molar-refractivity contribution in [3.8, 4) is 5.75 Å². The van der Waals surface area contributed by atoms with Crippen LogP contribution in [0.4, 0.5) is 5.69 Å². The van der Waals surface area contributed by atoms with Gasteiger partial charge >= 0.3 is 0 Å². The van der Waals surface area contributed by atoms with E-state index in [0.717, 1.165) is 24.2 Å². The number of sulfonamides is 1. The predicted molar refractivity (Wildman–Crippen MR) is 175 cm³/mol. The fraction of sp³-hybridized carbons (Fsp3) is 0.455. The summed E-state index contributed by atoms with van der Waals surface area (Å²) in [7, 11) is -2.17. The fourth-order valence-electron chi connectivity index (χ4n) is 5.17. The Bertz CT molecular complexity index is 1520. The van der Waals surface area contributed by atoms with Gasteiger partial charge in [-0.05, 0) is 74.9 Å². The molecule has 3 aromatic rings. The molecule has 0 saturated carbocycles. The lowest BCUT2D eigenvalue weighted by molar-refractivity contribution is -0.00832. The Labute approximate surface area is 270 Å². The lowest BCUT2D eigenvalue weighted by Gasteiger charge is -2.35. The van der Waals surface area contributed by atoms with Crippen LogP contribution < -0.4 is 10.1 Å². The first-order valence-electron chi connectivity index (χ1n) is 15.2. The van der Waals surface area contributed by atoms with E-state index < -0.39 is 22.2 Å². The highest BCUT2D eigenvalue weighted by atomic mass is 32.2. The lowest BCUT2D eigenvalue weighted by Crippen LogP contribution is -2.48. The van der Waals surface area contributed by atoms with Crippen LogP contribution in [-0.4, -0.2) is 86.1 Å². The Morgan fingerprint density at radius 1 is 1.13 bits per heavy atom. The molecule has 244 valence electrons. The fourth-order valence-corrected chi connectivity index (χ4v) is 7.56. The zero-order chi connectivity index (χ0) is 32.6. The SMILES string of the molecule is C[C@@H]1CCCCO[C@H](CN(C)S(=O)(=O)c2cccs2)[C@@H](C)CN([C@H](C)CO)C(=O)c2cc(NC(=O)c3ccccc3)ccc2O1. The molecule has 45 heavy (non-hydrogen) atoms. The molecule has 12 heteroatoms. The van der Waals surface area contributed by atoms with E-state index in [2.05, 4.69) is 5.32 Å². The number of benzene rings is 2. The first-order chi connectivity index (χ1) is 21.5. The third kappa shape index (κ3) is 8.92. The maximum absolute atomic E-state index is 14.3. The number of thiophene rings is 1. The molecule has 2 aromatic carbocycles. The summed E-state index contributed by atoms with van der Waals surface area (Å²) in [6, 6.07) is 16.5. The molecule has 2 N–H and O–H groups in total. The van der Waals surface area contributed by atoms with Crippen molar-refractivity contribution in [2.24, 2.45) is 5.92 Å². The Hall–Kier alpha value is -3.29. The van der Waals surface area contributed by atoms with Gasteiger partial charge in [-0.3, -0.25) is 9.59 Å². The van der Waals surface area contributed by atoms with Gasteiger partial charge < -0.3 is 24.8 Å². The topological polar surface area (TPSA) is 125 Å². The number of fused-ring (bicyclic) bond motifs is 1. The van der Waals surface area contributed by atoms with Crippen LogP contribution in [0.1, 0.15) is 60.7 Å². The molecule has 1 aliphatic rings. The molecule has 2 heterocycles. The number of hydrogen-bond acceptors (Lipinski definition) is 8. The highest BCUT2D eigenvalue weighted by molar-refractivity contribution is 7.91. The van der Waals surface area contributed by atoms with E-state index >= 15 is 0 Å². The molecule has 0 fully saturated rings. The van der Waals surface area contributed by atoms with E-state index in [9.17, 15) is 23.1 Å². The van der Waals surface area contributed by atoms with Crippen molar-refractivity contribution in [2.75, 3.05) is 38.7 Å². The molecular formula is C33H43N3O7S2. The number of carbonyl (C=O) groups is 2. The quantitative estimate of drug-likeness (QED) is 0.345. The van der Waals surface area contributed by atoms with Crippen LogP contribution in [-0.2, 0) is 14.8 Å². The molecule has 0 bridgehead atoms. The maximum Gasteiger partial charge on any atom is 0.258 e. The van der Waals surface area contributed by atoms with Crippen LogP contribution in [0.3, 0.4) is 0 Å². The van der Waals surface area contributed by atoms with Crippen molar-refractivity contribution in [1.29, 1.82) is 0 Å². The molecule has 4 rings (SSSR count). The van der Waals surface area contributed by atoms with Crippen LogP contribution in [0.15, 0.2) is 70.3 Å². The van der Waals surface area contributed by atoms with Crippen LogP contribution in [0.25, 0.3) is 0 Å². The number of aliphatic hydroxyl groups excluding tert-OH is 1. The molecular weight excluding hydrogens is 615 g/mol. The van der Waals surface area contributed by atoms with Gasteiger partial charge in [0.2, 0.25) is 0 Å². The molecule has 4 atom stereocenters. The van der Waals surface area contributed by atoms with E-state index in [4.69, 9.17) is 9.47 Å². The normalized spacial score (nSPS) is 21.0. The first-order valence-corrected chi connectivity index (χ1v) is 17.5. The van der Waals surface area contributed by atoms with E-state index in [1.807, 2.05) is 19.9 Å². The predicted octanol–water partition coefficient (Wildman–Crippen LogP) is 5.12. The Morgan fingerprint density at radius 2 is 1.89 bits per heavy atom. The van der Waals surface area contributed by atoms with Gasteiger partial charge in [0.25, 0.3) is 21.8 Å². The van der Waals surface area contributed by atoms with Crippen LogP contribution >= 0.6 is 11.3 Å². The average Bonchev–Trinajstić information content (AvgIpc) is 3.59. The van der Waals surface area contributed by atoms with Gasteiger partial charge in [0, 0.05) is 43.9 Å². The Balaban J connectivity index is 1.65. The molecule has 0 unspecified atom stereocenters. The second kappa shape index (κ2) is 15.8.